The van der Waals surface area contributed by atoms with Crippen molar-refractivity contribution in [2.75, 3.05) is 20.3 Å². The molecule has 0 saturated carbocycles. The Morgan fingerprint density at radius 1 is 0.913 bits per heavy atom. The van der Waals surface area contributed by atoms with E-state index in [4.69, 9.17) is 46.0 Å². The Hall–Kier alpha value is -1.68. The summed E-state index contributed by atoms with van der Waals surface area (Å²) < 4.78 is 0. The van der Waals surface area contributed by atoms with Gasteiger partial charge >= 0.3 is 41.7 Å². The number of hydrogen-bond donors (Lipinski definition) is 0. The molecule has 0 N–H and O–H groups in total. The molecule has 0 bridgehead atoms. The number of unbranched alkanes of at least 4 members (excludes halogenated alkanes) is 1. The van der Waals surface area contributed by atoms with Crippen molar-refractivity contribution in [2.24, 2.45) is 0 Å². The third-order valence-corrected chi connectivity index (χ3v) is 1.74. The Labute approximate surface area is 164 Å². The average Bonchev–Trinajstić information content (AvgIpc) is 2.70. The van der Waals surface area contributed by atoms with Gasteiger partial charge in [0.25, 0.3) is 0 Å². The SMILES string of the molecule is CCCCN1C=CN(C)C1.O=[N+]([O-])[O-].O=[N+]([O-])[O-].O=[N+]([O-])[O-].[Ce+3]. The molecule has 0 unspecified atom stereocenters. The van der Waals surface area contributed by atoms with E-state index in [1.54, 1.807) is 0 Å². The number of hydrogen-bond acceptors (Lipinski definition) is 11. The molecule has 0 amide bonds. The molecule has 1 aliphatic rings. The van der Waals surface area contributed by atoms with E-state index >= 15 is 0 Å². The van der Waals surface area contributed by atoms with Crippen molar-refractivity contribution in [1.82, 2.24) is 9.80 Å². The molecular weight excluding hydrogens is 450 g/mol. The zero-order chi connectivity index (χ0) is 18.1. The van der Waals surface area contributed by atoms with Crippen LogP contribution in [-0.4, -0.2) is 45.3 Å². The van der Waals surface area contributed by atoms with Gasteiger partial charge in [-0.25, -0.2) is 0 Å². The average molecular weight is 466 g/mol. The van der Waals surface area contributed by atoms with Crippen LogP contribution in [-0.2, 0) is 0 Å². The van der Waals surface area contributed by atoms with Gasteiger partial charge in [0.05, 0.1) is 21.9 Å². The molecule has 14 nitrogen and oxygen atoms in total. The summed E-state index contributed by atoms with van der Waals surface area (Å²) in [5, 5.41) is 44.2. The summed E-state index contributed by atoms with van der Waals surface area (Å²) >= 11 is 0. The molecule has 1 heterocycles. The maximum absolute atomic E-state index is 8.25. The first-order chi connectivity index (χ1) is 10.0. The van der Waals surface area contributed by atoms with E-state index in [1.807, 2.05) is 0 Å². The van der Waals surface area contributed by atoms with Crippen LogP contribution in [0.5, 0.6) is 0 Å². The van der Waals surface area contributed by atoms with Gasteiger partial charge in [-0.05, 0) is 6.42 Å². The van der Waals surface area contributed by atoms with Crippen LogP contribution in [0.1, 0.15) is 19.8 Å². The van der Waals surface area contributed by atoms with Crippen molar-refractivity contribution in [3.8, 4) is 0 Å². The zero-order valence-corrected chi connectivity index (χ0v) is 15.5. The van der Waals surface area contributed by atoms with E-state index in [0.29, 0.717) is 0 Å². The maximum Gasteiger partial charge on any atom is 3.00 e. The molecular formula is C8H16CeN5O9. The molecule has 131 valence electrons. The second kappa shape index (κ2) is 20.3. The Morgan fingerprint density at radius 3 is 1.48 bits per heavy atom. The molecule has 0 spiro atoms. The van der Waals surface area contributed by atoms with Crippen LogP contribution in [0, 0.1) is 87.7 Å². The van der Waals surface area contributed by atoms with Gasteiger partial charge in [0.2, 0.25) is 0 Å². The van der Waals surface area contributed by atoms with Crippen molar-refractivity contribution < 1.29 is 57.0 Å². The summed E-state index contributed by atoms with van der Waals surface area (Å²) in [5.41, 5.74) is 0. The van der Waals surface area contributed by atoms with Gasteiger partial charge in [-0.3, -0.25) is 0 Å². The molecule has 0 aromatic carbocycles. The molecule has 0 aliphatic carbocycles. The fourth-order valence-electron chi connectivity index (χ4n) is 1.10. The number of nitrogens with zero attached hydrogens (tertiary/aromatic N) is 5. The van der Waals surface area contributed by atoms with Crippen LogP contribution in [0.3, 0.4) is 0 Å². The van der Waals surface area contributed by atoms with E-state index in [0.717, 1.165) is 6.67 Å². The normalized spacial score (nSPS) is 10.5. The molecule has 0 aromatic heterocycles. The van der Waals surface area contributed by atoms with Crippen LogP contribution < -0.4 is 0 Å². The molecule has 0 saturated heterocycles. The van der Waals surface area contributed by atoms with Crippen molar-refractivity contribution in [2.45, 2.75) is 19.8 Å². The van der Waals surface area contributed by atoms with Crippen LogP contribution >= 0.6 is 0 Å². The van der Waals surface area contributed by atoms with E-state index in [9.17, 15) is 0 Å². The Bertz CT molecular complexity index is 316. The van der Waals surface area contributed by atoms with E-state index in [1.165, 1.54) is 19.4 Å². The van der Waals surface area contributed by atoms with Crippen molar-refractivity contribution in [1.29, 1.82) is 0 Å². The van der Waals surface area contributed by atoms with Gasteiger partial charge in [-0.1, -0.05) is 13.3 Å². The Balaban J connectivity index is -0.000000118. The third-order valence-electron chi connectivity index (χ3n) is 1.74. The quantitative estimate of drug-likeness (QED) is 0.419. The fraction of sp³-hybridized carbons (Fsp3) is 0.750. The summed E-state index contributed by atoms with van der Waals surface area (Å²) in [6, 6.07) is 0. The number of rotatable bonds is 3. The molecule has 1 aliphatic heterocycles. The summed E-state index contributed by atoms with van der Waals surface area (Å²) in [6.07, 6.45) is 6.87. The van der Waals surface area contributed by atoms with E-state index < -0.39 is 15.3 Å². The van der Waals surface area contributed by atoms with Crippen LogP contribution in [0.4, 0.5) is 0 Å². The summed E-state index contributed by atoms with van der Waals surface area (Å²) in [4.78, 5) is 29.3. The Morgan fingerprint density at radius 2 is 1.26 bits per heavy atom. The van der Waals surface area contributed by atoms with Crippen molar-refractivity contribution >= 4 is 0 Å². The molecule has 15 heteroatoms. The topological polar surface area (TPSA) is 205 Å². The second-order valence-corrected chi connectivity index (χ2v) is 3.53. The summed E-state index contributed by atoms with van der Waals surface area (Å²) in [6.45, 7) is 4.50. The largest absolute Gasteiger partial charge is 3.00 e. The first-order valence-corrected chi connectivity index (χ1v) is 5.60. The maximum atomic E-state index is 8.25. The molecule has 0 atom stereocenters. The van der Waals surface area contributed by atoms with Gasteiger partial charge in [-0.2, -0.15) is 0 Å². The second-order valence-electron chi connectivity index (χ2n) is 3.53. The van der Waals surface area contributed by atoms with Crippen LogP contribution in [0.25, 0.3) is 0 Å². The predicted octanol–water partition coefficient (Wildman–Crippen LogP) is 0.745. The predicted molar refractivity (Wildman–Crippen MR) is 74.5 cm³/mol. The zero-order valence-electron chi connectivity index (χ0n) is 12.4. The summed E-state index contributed by atoms with van der Waals surface area (Å²) in [5.74, 6) is 0. The minimum atomic E-state index is -1.75. The molecule has 0 aromatic rings. The first-order valence-electron chi connectivity index (χ1n) is 5.60. The minimum Gasteiger partial charge on any atom is -0.362 e. The van der Waals surface area contributed by atoms with Gasteiger partial charge in [0.15, 0.2) is 0 Å². The standard InChI is InChI=1S/C8H16N2.Ce.3NO3/c1-3-4-5-10-7-6-9(2)8-10;;3*2-1(3)4/h6-7H,3-5,8H2,1-2H3;;;;/q;+3;3*-1. The van der Waals surface area contributed by atoms with Crippen molar-refractivity contribution in [3.63, 3.8) is 0 Å². The monoisotopic (exact) mass is 466 g/mol. The third kappa shape index (κ3) is 53.2. The molecule has 23 heavy (non-hydrogen) atoms. The Kier molecular flexibility index (Phi) is 25.9. The molecule has 0 fully saturated rings. The first kappa shape index (κ1) is 29.3. The fourth-order valence-corrected chi connectivity index (χ4v) is 1.10. The van der Waals surface area contributed by atoms with Gasteiger partial charge in [0, 0.05) is 26.0 Å². The molecule has 1 rings (SSSR count). The van der Waals surface area contributed by atoms with Gasteiger partial charge < -0.3 is 55.8 Å². The molecule has 1 radical (unpaired) electrons. The smallest absolute Gasteiger partial charge is 0.362 e. The van der Waals surface area contributed by atoms with E-state index in [-0.39, 0.29) is 41.7 Å². The van der Waals surface area contributed by atoms with Gasteiger partial charge in [-0.15, -0.1) is 0 Å². The van der Waals surface area contributed by atoms with Gasteiger partial charge in [0.1, 0.15) is 0 Å². The van der Waals surface area contributed by atoms with Crippen molar-refractivity contribution in [3.05, 3.63) is 58.4 Å². The van der Waals surface area contributed by atoms with Crippen LogP contribution in [0.2, 0.25) is 0 Å². The summed E-state index contributed by atoms with van der Waals surface area (Å²) in [7, 11) is 2.10. The van der Waals surface area contributed by atoms with Crippen LogP contribution in [0.15, 0.2) is 12.4 Å². The van der Waals surface area contributed by atoms with E-state index in [2.05, 4.69) is 36.2 Å². The minimum absolute atomic E-state index is 0.